The highest BCUT2D eigenvalue weighted by Crippen LogP contribution is 2.28. The van der Waals surface area contributed by atoms with Gasteiger partial charge in [-0.3, -0.25) is 14.4 Å². The van der Waals surface area contributed by atoms with Gasteiger partial charge in [0, 0.05) is 37.1 Å². The Morgan fingerprint density at radius 1 is 0.838 bits per heavy atom. The Hall–Kier alpha value is -3.67. The molecule has 2 aromatic rings. The minimum absolute atomic E-state index is 0.0471. The summed E-state index contributed by atoms with van der Waals surface area (Å²) in [5, 5.41) is 0. The van der Waals surface area contributed by atoms with E-state index < -0.39 is 0 Å². The lowest BCUT2D eigenvalue weighted by atomic mass is 9.88. The number of Topliss-reactive ketones (excluding diaryl/α,β-unsaturated/α-hetero) is 2. The van der Waals surface area contributed by atoms with Crippen LogP contribution in [0.5, 0.6) is 0 Å². The number of benzene rings is 2. The average Bonchev–Trinajstić information content (AvgIpc) is 2.93. The first-order valence-electron chi connectivity index (χ1n) is 12.9. The van der Waals surface area contributed by atoms with Crippen LogP contribution >= 0.6 is 0 Å². The Labute approximate surface area is 219 Å². The fourth-order valence-corrected chi connectivity index (χ4v) is 5.18. The van der Waals surface area contributed by atoms with E-state index in [4.69, 9.17) is 9.47 Å². The summed E-state index contributed by atoms with van der Waals surface area (Å²) in [5.74, 6) is 0.108. The number of likely N-dealkylation sites (tertiary alicyclic amines) is 1. The molecule has 0 unspecified atom stereocenters. The molecule has 1 aliphatic heterocycles. The van der Waals surface area contributed by atoms with Crippen molar-refractivity contribution in [2.24, 2.45) is 5.92 Å². The largest absolute Gasteiger partial charge is 0.489 e. The second-order valence-electron chi connectivity index (χ2n) is 9.84. The number of ether oxygens (including phenoxy) is 2. The maximum Gasteiger partial charge on any atom is 0.228 e. The van der Waals surface area contributed by atoms with E-state index in [1.165, 1.54) is 19.8 Å². The van der Waals surface area contributed by atoms with Crippen molar-refractivity contribution in [3.05, 3.63) is 94.0 Å². The molecular formula is C31H35NO5. The molecule has 0 saturated carbocycles. The van der Waals surface area contributed by atoms with E-state index in [-0.39, 0.29) is 29.0 Å². The molecule has 1 saturated heterocycles. The number of rotatable bonds is 9. The number of hydrogen-bond donors (Lipinski definition) is 0. The van der Waals surface area contributed by atoms with Gasteiger partial charge < -0.3 is 14.4 Å². The number of nitrogens with zero attached hydrogens (tertiary/aromatic N) is 1. The van der Waals surface area contributed by atoms with E-state index in [0.29, 0.717) is 36.3 Å². The lowest BCUT2D eigenvalue weighted by Crippen LogP contribution is -2.39. The zero-order valence-electron chi connectivity index (χ0n) is 21.9. The van der Waals surface area contributed by atoms with Gasteiger partial charge >= 0.3 is 0 Å². The number of amides is 1. The summed E-state index contributed by atoms with van der Waals surface area (Å²) in [4.78, 5) is 40.3. The molecule has 0 N–H and O–H groups in total. The first kappa shape index (κ1) is 26.4. The molecule has 1 heterocycles. The topological polar surface area (TPSA) is 72.9 Å². The molecule has 6 nitrogen and oxygen atoms in total. The molecule has 2 aromatic carbocycles. The zero-order chi connectivity index (χ0) is 26.4. The van der Waals surface area contributed by atoms with Crippen LogP contribution in [-0.2, 0) is 43.1 Å². The number of ketones is 2. The van der Waals surface area contributed by atoms with E-state index in [9.17, 15) is 14.4 Å². The summed E-state index contributed by atoms with van der Waals surface area (Å²) < 4.78 is 10.3. The van der Waals surface area contributed by atoms with Crippen molar-refractivity contribution < 1.29 is 23.9 Å². The van der Waals surface area contributed by atoms with E-state index in [0.717, 1.165) is 43.5 Å². The molecule has 1 amide bonds. The fourth-order valence-electron chi connectivity index (χ4n) is 5.18. The van der Waals surface area contributed by atoms with E-state index in [1.807, 2.05) is 35.2 Å². The summed E-state index contributed by atoms with van der Waals surface area (Å²) in [6, 6.07) is 18.5. The van der Waals surface area contributed by atoms with Gasteiger partial charge in [0.2, 0.25) is 29.0 Å². The number of carbonyl (C=O) groups is 3. The molecule has 37 heavy (non-hydrogen) atoms. The van der Waals surface area contributed by atoms with Gasteiger partial charge in [-0.25, -0.2) is 0 Å². The molecular weight excluding hydrogens is 466 g/mol. The van der Waals surface area contributed by atoms with Gasteiger partial charge in [0.15, 0.2) is 0 Å². The van der Waals surface area contributed by atoms with Gasteiger partial charge in [-0.05, 0) is 55.2 Å². The van der Waals surface area contributed by atoms with Gasteiger partial charge in [-0.1, -0.05) is 54.6 Å². The third kappa shape index (κ3) is 6.19. The van der Waals surface area contributed by atoms with Gasteiger partial charge in [0.1, 0.15) is 0 Å². The van der Waals surface area contributed by atoms with Crippen LogP contribution in [0.3, 0.4) is 0 Å². The van der Waals surface area contributed by atoms with Crippen molar-refractivity contribution in [2.45, 2.75) is 45.4 Å². The molecule has 1 fully saturated rings. The summed E-state index contributed by atoms with van der Waals surface area (Å²) in [6.07, 6.45) is 4.69. The van der Waals surface area contributed by atoms with Crippen LogP contribution in [0.1, 0.15) is 42.9 Å². The van der Waals surface area contributed by atoms with Crippen molar-refractivity contribution in [3.63, 3.8) is 0 Å². The normalized spacial score (nSPS) is 16.9. The molecule has 4 rings (SSSR count). The average molecular weight is 502 g/mol. The quantitative estimate of drug-likeness (QED) is 0.469. The molecule has 6 heteroatoms. The van der Waals surface area contributed by atoms with Crippen LogP contribution in [-0.4, -0.2) is 49.7 Å². The SMILES string of the molecule is COC1=C(OC)C(=O)C(Cc2ccc(CCC(=O)N3CCC(Cc4ccccc4)CC3)cc2)=C(C)C1=O. The van der Waals surface area contributed by atoms with E-state index in [1.54, 1.807) is 6.92 Å². The van der Waals surface area contributed by atoms with Crippen molar-refractivity contribution in [3.8, 4) is 0 Å². The molecule has 0 spiro atoms. The van der Waals surface area contributed by atoms with E-state index in [2.05, 4.69) is 24.3 Å². The van der Waals surface area contributed by atoms with Crippen LogP contribution in [0, 0.1) is 5.92 Å². The third-order valence-electron chi connectivity index (χ3n) is 7.46. The molecule has 0 radical (unpaired) electrons. The Kier molecular flexibility index (Phi) is 8.59. The minimum atomic E-state index is -0.326. The number of methoxy groups -OCH3 is 2. The maximum atomic E-state index is 12.9. The first-order chi connectivity index (χ1) is 17.9. The summed E-state index contributed by atoms with van der Waals surface area (Å²) in [6.45, 7) is 3.31. The summed E-state index contributed by atoms with van der Waals surface area (Å²) >= 11 is 0. The van der Waals surface area contributed by atoms with Crippen molar-refractivity contribution in [1.29, 1.82) is 0 Å². The van der Waals surface area contributed by atoms with E-state index >= 15 is 0 Å². The Morgan fingerprint density at radius 3 is 2.05 bits per heavy atom. The number of aryl methyl sites for hydroxylation is 1. The van der Waals surface area contributed by atoms with Crippen LogP contribution < -0.4 is 0 Å². The van der Waals surface area contributed by atoms with Crippen molar-refractivity contribution in [1.82, 2.24) is 4.90 Å². The highest BCUT2D eigenvalue weighted by Gasteiger charge is 2.34. The maximum absolute atomic E-state index is 12.9. The predicted octanol–water partition coefficient (Wildman–Crippen LogP) is 4.62. The Balaban J connectivity index is 1.27. The molecule has 0 atom stereocenters. The van der Waals surface area contributed by atoms with Gasteiger partial charge in [0.05, 0.1) is 14.2 Å². The highest BCUT2D eigenvalue weighted by molar-refractivity contribution is 6.23. The first-order valence-corrected chi connectivity index (χ1v) is 12.9. The Bertz CT molecular complexity index is 1200. The lowest BCUT2D eigenvalue weighted by molar-refractivity contribution is -0.132. The number of piperidine rings is 1. The molecule has 2 aliphatic rings. The van der Waals surface area contributed by atoms with Crippen LogP contribution in [0.2, 0.25) is 0 Å². The molecule has 1 aliphatic carbocycles. The summed E-state index contributed by atoms with van der Waals surface area (Å²) in [7, 11) is 2.72. The smallest absolute Gasteiger partial charge is 0.228 e. The fraction of sp³-hybridized carbons (Fsp3) is 0.387. The van der Waals surface area contributed by atoms with Crippen LogP contribution in [0.4, 0.5) is 0 Å². The van der Waals surface area contributed by atoms with Crippen molar-refractivity contribution >= 4 is 17.5 Å². The predicted molar refractivity (Wildman–Crippen MR) is 142 cm³/mol. The zero-order valence-corrected chi connectivity index (χ0v) is 21.9. The third-order valence-corrected chi connectivity index (χ3v) is 7.46. The highest BCUT2D eigenvalue weighted by atomic mass is 16.5. The van der Waals surface area contributed by atoms with Gasteiger partial charge in [0.25, 0.3) is 0 Å². The number of allylic oxidation sites excluding steroid dienone is 2. The Morgan fingerprint density at radius 2 is 1.43 bits per heavy atom. The monoisotopic (exact) mass is 501 g/mol. The molecule has 194 valence electrons. The van der Waals surface area contributed by atoms with Gasteiger partial charge in [-0.2, -0.15) is 0 Å². The second kappa shape index (κ2) is 12.0. The van der Waals surface area contributed by atoms with Crippen LogP contribution in [0.25, 0.3) is 0 Å². The lowest BCUT2D eigenvalue weighted by Gasteiger charge is -2.32. The number of hydrogen-bond acceptors (Lipinski definition) is 5. The number of carbonyl (C=O) groups excluding carboxylic acids is 3. The van der Waals surface area contributed by atoms with Gasteiger partial charge in [-0.15, -0.1) is 0 Å². The summed E-state index contributed by atoms with van der Waals surface area (Å²) in [5.41, 5.74) is 4.16. The molecule has 0 bridgehead atoms. The van der Waals surface area contributed by atoms with Crippen LogP contribution in [0.15, 0.2) is 77.3 Å². The minimum Gasteiger partial charge on any atom is -0.489 e. The standard InChI is InChI=1S/C31H35NO5/c1-21-26(29(35)31(37-3)30(36-2)28(21)34)20-24-11-9-22(10-12-24)13-14-27(33)32-17-15-25(16-18-32)19-23-7-5-4-6-8-23/h4-12,25H,13-20H2,1-3H3. The van der Waals surface area contributed by atoms with Crippen molar-refractivity contribution in [2.75, 3.05) is 27.3 Å². The molecule has 0 aromatic heterocycles. The second-order valence-corrected chi connectivity index (χ2v) is 9.84.